The minimum Gasteiger partial charge on any atom is -0.340 e. The number of carbonyl (C=O) groups excluding carboxylic acids is 1. The summed E-state index contributed by atoms with van der Waals surface area (Å²) in [5, 5.41) is 5.37. The molecular formula is C20H18Cl2FN3O. The molecule has 0 atom stereocenters. The molecule has 27 heavy (non-hydrogen) atoms. The first-order chi connectivity index (χ1) is 12.8. The van der Waals surface area contributed by atoms with E-state index >= 15 is 0 Å². The molecule has 4 nitrogen and oxygen atoms in total. The zero-order valence-corrected chi connectivity index (χ0v) is 16.4. The highest BCUT2D eigenvalue weighted by Gasteiger charge is 2.18. The van der Waals surface area contributed by atoms with Crippen LogP contribution < -0.4 is 0 Å². The Hall–Kier alpha value is -2.37. The van der Waals surface area contributed by atoms with E-state index in [2.05, 4.69) is 5.10 Å². The van der Waals surface area contributed by atoms with E-state index in [-0.39, 0.29) is 11.7 Å². The smallest absolute Gasteiger partial charge is 0.271 e. The molecule has 1 amide bonds. The second kappa shape index (κ2) is 8.11. The van der Waals surface area contributed by atoms with Gasteiger partial charge in [-0.3, -0.25) is 9.48 Å². The molecule has 0 fully saturated rings. The minimum atomic E-state index is -0.312. The van der Waals surface area contributed by atoms with Crippen molar-refractivity contribution in [2.24, 2.45) is 7.05 Å². The lowest BCUT2D eigenvalue weighted by molar-refractivity contribution is 0.0786. The largest absolute Gasteiger partial charge is 0.340 e. The molecule has 1 heterocycles. The van der Waals surface area contributed by atoms with Crippen LogP contribution in [0.5, 0.6) is 0 Å². The van der Waals surface area contributed by atoms with E-state index in [1.807, 2.05) is 6.07 Å². The van der Waals surface area contributed by atoms with Crippen molar-refractivity contribution in [3.05, 3.63) is 75.7 Å². The van der Waals surface area contributed by atoms with Crippen LogP contribution >= 0.6 is 23.2 Å². The molecule has 0 saturated heterocycles. The third-order valence-electron chi connectivity index (χ3n) is 4.31. The normalized spacial score (nSPS) is 10.9. The maximum absolute atomic E-state index is 13.1. The van der Waals surface area contributed by atoms with Gasteiger partial charge >= 0.3 is 0 Å². The van der Waals surface area contributed by atoms with Crippen LogP contribution in [-0.2, 0) is 13.5 Å². The number of amides is 1. The van der Waals surface area contributed by atoms with E-state index in [1.54, 1.807) is 49.3 Å². The van der Waals surface area contributed by atoms with Gasteiger partial charge in [-0.05, 0) is 54.4 Å². The topological polar surface area (TPSA) is 38.1 Å². The summed E-state index contributed by atoms with van der Waals surface area (Å²) < 4.78 is 14.6. The van der Waals surface area contributed by atoms with Crippen molar-refractivity contribution in [3.8, 4) is 11.3 Å². The fourth-order valence-electron chi connectivity index (χ4n) is 2.72. The van der Waals surface area contributed by atoms with Crippen molar-refractivity contribution < 1.29 is 9.18 Å². The molecule has 0 aliphatic rings. The predicted molar refractivity (Wildman–Crippen MR) is 106 cm³/mol. The lowest BCUT2D eigenvalue weighted by atomic mass is 10.1. The van der Waals surface area contributed by atoms with Crippen LogP contribution in [-0.4, -0.2) is 34.2 Å². The number of aromatic nitrogens is 2. The number of likely N-dealkylation sites (N-methyl/N-ethyl adjacent to an activating group) is 1. The molecule has 0 radical (unpaired) electrons. The predicted octanol–water partition coefficient (Wildman–Crippen LogP) is 4.85. The molecule has 0 aliphatic heterocycles. The number of carbonyl (C=O) groups is 1. The summed E-state index contributed by atoms with van der Waals surface area (Å²) in [5.41, 5.74) is 2.84. The number of hydrogen-bond donors (Lipinski definition) is 0. The Bertz CT molecular complexity index is 970. The molecule has 0 N–H and O–H groups in total. The fourth-order valence-corrected chi connectivity index (χ4v) is 3.04. The summed E-state index contributed by atoms with van der Waals surface area (Å²) in [7, 11) is 3.46. The number of nitrogens with zero attached hydrogens (tertiary/aromatic N) is 3. The Morgan fingerprint density at radius 2 is 1.81 bits per heavy atom. The number of halogens is 3. The fraction of sp³-hybridized carbons (Fsp3) is 0.200. The van der Waals surface area contributed by atoms with Crippen molar-refractivity contribution in [1.29, 1.82) is 0 Å². The Morgan fingerprint density at radius 3 is 2.48 bits per heavy atom. The van der Waals surface area contributed by atoms with Gasteiger partial charge in [-0.2, -0.15) is 5.10 Å². The molecule has 0 spiro atoms. The van der Waals surface area contributed by atoms with Crippen molar-refractivity contribution in [2.45, 2.75) is 6.42 Å². The highest BCUT2D eigenvalue weighted by atomic mass is 35.5. The van der Waals surface area contributed by atoms with Gasteiger partial charge < -0.3 is 4.90 Å². The highest BCUT2D eigenvalue weighted by Crippen LogP contribution is 2.23. The molecule has 0 unspecified atom stereocenters. The van der Waals surface area contributed by atoms with Crippen molar-refractivity contribution in [3.63, 3.8) is 0 Å². The number of benzene rings is 2. The van der Waals surface area contributed by atoms with Crippen LogP contribution in [0.1, 0.15) is 16.1 Å². The van der Waals surface area contributed by atoms with Crippen LogP contribution in [0, 0.1) is 5.82 Å². The average molecular weight is 406 g/mol. The van der Waals surface area contributed by atoms with E-state index in [1.165, 1.54) is 16.8 Å². The first kappa shape index (κ1) is 19.4. The molecule has 7 heteroatoms. The van der Waals surface area contributed by atoms with Crippen LogP contribution in [0.15, 0.2) is 48.5 Å². The monoisotopic (exact) mass is 405 g/mol. The van der Waals surface area contributed by atoms with Crippen molar-refractivity contribution in [1.82, 2.24) is 14.7 Å². The molecule has 2 aromatic carbocycles. The Morgan fingerprint density at radius 1 is 1.11 bits per heavy atom. The van der Waals surface area contributed by atoms with Gasteiger partial charge in [0.1, 0.15) is 11.5 Å². The van der Waals surface area contributed by atoms with Gasteiger partial charge in [0.25, 0.3) is 5.91 Å². The summed E-state index contributed by atoms with van der Waals surface area (Å²) in [5.74, 6) is -0.452. The standard InChI is InChI=1S/C20H18Cl2FN3O/c1-25(10-9-13-3-8-16(21)17(22)11-13)20(27)19-12-18(24-26(19)2)14-4-6-15(23)7-5-14/h3-8,11-12H,9-10H2,1-2H3. The van der Waals surface area contributed by atoms with E-state index in [0.717, 1.165) is 11.1 Å². The quantitative estimate of drug-likeness (QED) is 0.608. The van der Waals surface area contributed by atoms with Gasteiger partial charge in [-0.1, -0.05) is 29.3 Å². The molecular weight excluding hydrogens is 388 g/mol. The van der Waals surface area contributed by atoms with E-state index in [4.69, 9.17) is 23.2 Å². The maximum atomic E-state index is 13.1. The lowest BCUT2D eigenvalue weighted by Gasteiger charge is -2.17. The van der Waals surface area contributed by atoms with Gasteiger partial charge in [-0.15, -0.1) is 0 Å². The maximum Gasteiger partial charge on any atom is 0.271 e. The Balaban J connectivity index is 1.71. The van der Waals surface area contributed by atoms with Gasteiger partial charge in [0, 0.05) is 26.2 Å². The SMILES string of the molecule is CN(CCc1ccc(Cl)c(Cl)c1)C(=O)c1cc(-c2ccc(F)cc2)nn1C. The van der Waals surface area contributed by atoms with Crippen molar-refractivity contribution in [2.75, 3.05) is 13.6 Å². The molecule has 0 bridgehead atoms. The third kappa shape index (κ3) is 4.49. The Labute approximate surface area is 167 Å². The number of hydrogen-bond acceptors (Lipinski definition) is 2. The van der Waals surface area contributed by atoms with Crippen LogP contribution in [0.3, 0.4) is 0 Å². The van der Waals surface area contributed by atoms with E-state index in [9.17, 15) is 9.18 Å². The van der Waals surface area contributed by atoms with Crippen LogP contribution in [0.25, 0.3) is 11.3 Å². The summed E-state index contributed by atoms with van der Waals surface area (Å²) >= 11 is 12.0. The van der Waals surface area contributed by atoms with Crippen molar-refractivity contribution >= 4 is 29.1 Å². The van der Waals surface area contributed by atoms with E-state index < -0.39 is 0 Å². The molecule has 0 aliphatic carbocycles. The number of rotatable bonds is 5. The zero-order chi connectivity index (χ0) is 19.6. The molecule has 3 rings (SSSR count). The lowest BCUT2D eigenvalue weighted by Crippen LogP contribution is -2.30. The van der Waals surface area contributed by atoms with Crippen LogP contribution in [0.2, 0.25) is 10.0 Å². The van der Waals surface area contributed by atoms with Gasteiger partial charge in [0.05, 0.1) is 15.7 Å². The molecule has 0 saturated carbocycles. The number of aryl methyl sites for hydroxylation is 1. The zero-order valence-electron chi connectivity index (χ0n) is 14.9. The average Bonchev–Trinajstić information content (AvgIpc) is 3.04. The highest BCUT2D eigenvalue weighted by molar-refractivity contribution is 6.42. The molecule has 3 aromatic rings. The first-order valence-corrected chi connectivity index (χ1v) is 9.10. The second-order valence-electron chi connectivity index (χ2n) is 6.27. The minimum absolute atomic E-state index is 0.140. The first-order valence-electron chi connectivity index (χ1n) is 8.34. The van der Waals surface area contributed by atoms with Gasteiger partial charge in [0.2, 0.25) is 0 Å². The second-order valence-corrected chi connectivity index (χ2v) is 7.08. The van der Waals surface area contributed by atoms with E-state index in [0.29, 0.717) is 34.4 Å². The Kier molecular flexibility index (Phi) is 5.82. The molecule has 1 aromatic heterocycles. The summed E-state index contributed by atoms with van der Waals surface area (Å²) in [6.45, 7) is 0.522. The molecule has 140 valence electrons. The summed E-state index contributed by atoms with van der Waals surface area (Å²) in [4.78, 5) is 14.4. The van der Waals surface area contributed by atoms with Crippen LogP contribution in [0.4, 0.5) is 4.39 Å². The summed E-state index contributed by atoms with van der Waals surface area (Å²) in [6.07, 6.45) is 0.655. The third-order valence-corrected chi connectivity index (χ3v) is 5.04. The summed E-state index contributed by atoms with van der Waals surface area (Å²) in [6, 6.07) is 13.2. The van der Waals surface area contributed by atoms with Gasteiger partial charge in [0.15, 0.2) is 0 Å². The van der Waals surface area contributed by atoms with Gasteiger partial charge in [-0.25, -0.2) is 4.39 Å².